The maximum Gasteiger partial charge on any atom is 0.170 e. The average molecular weight is 350 g/mol. The van der Waals surface area contributed by atoms with Crippen LogP contribution < -0.4 is 15.8 Å². The zero-order chi connectivity index (χ0) is 15.2. The molecule has 0 heterocycles. The number of hydrogen-bond donors (Lipinski definition) is 3. The molecule has 2 rings (SSSR count). The van der Waals surface area contributed by atoms with E-state index in [2.05, 4.69) is 26.4 Å². The van der Waals surface area contributed by atoms with Crippen LogP contribution in [0.4, 0.5) is 5.69 Å². The summed E-state index contributed by atoms with van der Waals surface area (Å²) in [4.78, 5) is 0. The van der Waals surface area contributed by atoms with Gasteiger partial charge in [-0.1, -0.05) is 39.3 Å². The Morgan fingerprint density at radius 3 is 2.86 bits per heavy atom. The molecule has 2 aromatic carbocycles. The predicted molar refractivity (Wildman–Crippen MR) is 87.0 cm³/mol. The summed E-state index contributed by atoms with van der Waals surface area (Å²) in [5.74, 6) is 0.864. The number of rotatable bonds is 5. The summed E-state index contributed by atoms with van der Waals surface area (Å²) in [7, 11) is 1.63. The first-order valence-corrected chi connectivity index (χ1v) is 7.07. The van der Waals surface area contributed by atoms with Crippen LogP contribution in [0.3, 0.4) is 0 Å². The standard InChI is InChI=1S/C15H16BrN3O2/c1-21-14-6-5-12(16)8-13(14)18-9-10-3-2-4-11(7-10)15(17)19-20/h2-8,18,20H,9H2,1H3,(H2,17,19). The van der Waals surface area contributed by atoms with Crippen molar-refractivity contribution in [2.24, 2.45) is 10.9 Å². The van der Waals surface area contributed by atoms with Crippen LogP contribution in [0.25, 0.3) is 0 Å². The Hall–Kier alpha value is -2.21. The Bertz CT molecular complexity index is 659. The van der Waals surface area contributed by atoms with E-state index in [-0.39, 0.29) is 5.84 Å². The van der Waals surface area contributed by atoms with Gasteiger partial charge in [0.15, 0.2) is 5.84 Å². The van der Waals surface area contributed by atoms with Crippen molar-refractivity contribution in [2.75, 3.05) is 12.4 Å². The summed E-state index contributed by atoms with van der Waals surface area (Å²) in [6.07, 6.45) is 0. The Morgan fingerprint density at radius 1 is 1.33 bits per heavy atom. The van der Waals surface area contributed by atoms with E-state index in [0.29, 0.717) is 12.1 Å². The Kier molecular flexibility index (Phi) is 5.05. The molecule has 0 saturated heterocycles. The molecule has 0 aliphatic rings. The third kappa shape index (κ3) is 3.88. The second-order valence-electron chi connectivity index (χ2n) is 4.38. The Labute approximate surface area is 131 Å². The number of benzene rings is 2. The van der Waals surface area contributed by atoms with Crippen LogP contribution in [-0.2, 0) is 6.54 Å². The molecule has 2 aromatic rings. The van der Waals surface area contributed by atoms with Crippen molar-refractivity contribution in [3.8, 4) is 5.75 Å². The van der Waals surface area contributed by atoms with Gasteiger partial charge in [0.05, 0.1) is 12.8 Å². The number of methoxy groups -OCH3 is 1. The minimum Gasteiger partial charge on any atom is -0.495 e. The molecule has 0 fully saturated rings. The minimum absolute atomic E-state index is 0.0943. The first kappa shape index (κ1) is 15.2. The largest absolute Gasteiger partial charge is 0.495 e. The fourth-order valence-electron chi connectivity index (χ4n) is 1.91. The van der Waals surface area contributed by atoms with Gasteiger partial charge in [0.25, 0.3) is 0 Å². The summed E-state index contributed by atoms with van der Waals surface area (Å²) in [5.41, 5.74) is 8.17. The van der Waals surface area contributed by atoms with E-state index >= 15 is 0 Å². The molecule has 0 aliphatic carbocycles. The molecule has 0 unspecified atom stereocenters. The van der Waals surface area contributed by atoms with Gasteiger partial charge in [-0.15, -0.1) is 0 Å². The zero-order valence-corrected chi connectivity index (χ0v) is 13.1. The molecule has 4 N–H and O–H groups in total. The fourth-order valence-corrected chi connectivity index (χ4v) is 2.28. The molecule has 21 heavy (non-hydrogen) atoms. The van der Waals surface area contributed by atoms with E-state index < -0.39 is 0 Å². The van der Waals surface area contributed by atoms with Gasteiger partial charge in [-0.2, -0.15) is 0 Å². The topological polar surface area (TPSA) is 79.9 Å². The SMILES string of the molecule is COc1ccc(Br)cc1NCc1cccc(C(N)=NO)c1. The van der Waals surface area contributed by atoms with Crippen molar-refractivity contribution in [1.29, 1.82) is 0 Å². The molecule has 0 spiro atoms. The molecule has 0 aromatic heterocycles. The van der Waals surface area contributed by atoms with Crippen molar-refractivity contribution in [1.82, 2.24) is 0 Å². The van der Waals surface area contributed by atoms with Crippen LogP contribution in [0.1, 0.15) is 11.1 Å². The van der Waals surface area contributed by atoms with Crippen LogP contribution in [0.2, 0.25) is 0 Å². The fraction of sp³-hybridized carbons (Fsp3) is 0.133. The van der Waals surface area contributed by atoms with Gasteiger partial charge in [0.2, 0.25) is 0 Å². The van der Waals surface area contributed by atoms with Crippen molar-refractivity contribution < 1.29 is 9.94 Å². The molecular formula is C15H16BrN3O2. The molecule has 0 aliphatic heterocycles. The molecular weight excluding hydrogens is 334 g/mol. The molecule has 0 atom stereocenters. The van der Waals surface area contributed by atoms with E-state index in [0.717, 1.165) is 21.5 Å². The van der Waals surface area contributed by atoms with Crippen LogP contribution >= 0.6 is 15.9 Å². The molecule has 0 radical (unpaired) electrons. The third-order valence-corrected chi connectivity index (χ3v) is 3.47. The smallest absolute Gasteiger partial charge is 0.170 e. The van der Waals surface area contributed by atoms with E-state index in [1.807, 2.05) is 36.4 Å². The lowest BCUT2D eigenvalue weighted by Crippen LogP contribution is -2.13. The van der Waals surface area contributed by atoms with Crippen LogP contribution in [-0.4, -0.2) is 18.2 Å². The molecule has 0 saturated carbocycles. The normalized spacial score (nSPS) is 11.2. The molecule has 110 valence electrons. The highest BCUT2D eigenvalue weighted by Gasteiger charge is 2.05. The third-order valence-electron chi connectivity index (χ3n) is 2.97. The highest BCUT2D eigenvalue weighted by Crippen LogP contribution is 2.28. The lowest BCUT2D eigenvalue weighted by atomic mass is 10.1. The van der Waals surface area contributed by atoms with Gasteiger partial charge in [-0.05, 0) is 29.8 Å². The molecule has 5 nitrogen and oxygen atoms in total. The highest BCUT2D eigenvalue weighted by atomic mass is 79.9. The number of hydrogen-bond acceptors (Lipinski definition) is 4. The molecule has 0 amide bonds. The van der Waals surface area contributed by atoms with Gasteiger partial charge in [-0.3, -0.25) is 0 Å². The number of nitrogens with one attached hydrogen (secondary N) is 1. The average Bonchev–Trinajstić information content (AvgIpc) is 2.52. The van der Waals surface area contributed by atoms with E-state index in [1.54, 1.807) is 13.2 Å². The zero-order valence-electron chi connectivity index (χ0n) is 11.5. The molecule has 6 heteroatoms. The van der Waals surface area contributed by atoms with Gasteiger partial charge < -0.3 is 21.0 Å². The summed E-state index contributed by atoms with van der Waals surface area (Å²) >= 11 is 3.44. The van der Waals surface area contributed by atoms with Gasteiger partial charge in [0, 0.05) is 16.6 Å². The number of amidine groups is 1. The van der Waals surface area contributed by atoms with Gasteiger partial charge in [-0.25, -0.2) is 0 Å². The first-order valence-electron chi connectivity index (χ1n) is 6.28. The summed E-state index contributed by atoms with van der Waals surface area (Å²) in [6.45, 7) is 0.597. The van der Waals surface area contributed by atoms with Crippen molar-refractivity contribution in [2.45, 2.75) is 6.54 Å². The first-order chi connectivity index (χ1) is 10.1. The lowest BCUT2D eigenvalue weighted by molar-refractivity contribution is 0.318. The van der Waals surface area contributed by atoms with Gasteiger partial charge >= 0.3 is 0 Å². The van der Waals surface area contributed by atoms with Crippen molar-refractivity contribution in [3.63, 3.8) is 0 Å². The maximum atomic E-state index is 8.71. The number of anilines is 1. The lowest BCUT2D eigenvalue weighted by Gasteiger charge is -2.12. The number of oxime groups is 1. The Balaban J connectivity index is 2.15. The van der Waals surface area contributed by atoms with E-state index in [1.165, 1.54) is 0 Å². The predicted octanol–water partition coefficient (Wildman–Crippen LogP) is 3.16. The molecule has 0 bridgehead atoms. The maximum absolute atomic E-state index is 8.71. The van der Waals surface area contributed by atoms with E-state index in [9.17, 15) is 0 Å². The van der Waals surface area contributed by atoms with Gasteiger partial charge in [0.1, 0.15) is 5.75 Å². The number of nitrogens with two attached hydrogens (primary N) is 1. The summed E-state index contributed by atoms with van der Waals surface area (Å²) < 4.78 is 6.28. The van der Waals surface area contributed by atoms with E-state index in [4.69, 9.17) is 15.7 Å². The summed E-state index contributed by atoms with van der Waals surface area (Å²) in [5, 5.41) is 15.0. The quantitative estimate of drug-likeness (QED) is 0.335. The van der Waals surface area contributed by atoms with Crippen LogP contribution in [0, 0.1) is 0 Å². The minimum atomic E-state index is 0.0943. The number of nitrogens with zero attached hydrogens (tertiary/aromatic N) is 1. The van der Waals surface area contributed by atoms with Crippen molar-refractivity contribution >= 4 is 27.5 Å². The number of ether oxygens (including phenoxy) is 1. The monoisotopic (exact) mass is 349 g/mol. The highest BCUT2D eigenvalue weighted by molar-refractivity contribution is 9.10. The van der Waals surface area contributed by atoms with Crippen LogP contribution in [0.5, 0.6) is 5.75 Å². The second kappa shape index (κ2) is 6.99. The second-order valence-corrected chi connectivity index (χ2v) is 5.30. The Morgan fingerprint density at radius 2 is 2.14 bits per heavy atom. The number of halogens is 1. The summed E-state index contributed by atoms with van der Waals surface area (Å²) in [6, 6.07) is 13.2. The van der Waals surface area contributed by atoms with Crippen LogP contribution in [0.15, 0.2) is 52.1 Å². The van der Waals surface area contributed by atoms with Crippen molar-refractivity contribution in [3.05, 3.63) is 58.1 Å².